The normalized spacial score (nSPS) is 12.3. The Morgan fingerprint density at radius 3 is 2.42 bits per heavy atom. The van der Waals surface area contributed by atoms with E-state index in [1.165, 1.54) is 26.4 Å². The Labute approximate surface area is 152 Å². The van der Waals surface area contributed by atoms with Crippen LogP contribution in [0.15, 0.2) is 64.5 Å². The monoisotopic (exact) mass is 354 g/mol. The SMILES string of the molecule is CSc1ccc2c(SC(C)c3ccc(N(C)C)cc3)ccnc2c1. The number of benzene rings is 2. The molecule has 3 aromatic rings. The molecule has 3 rings (SSSR count). The van der Waals surface area contributed by atoms with E-state index in [9.17, 15) is 0 Å². The van der Waals surface area contributed by atoms with Gasteiger partial charge in [0, 0.05) is 46.4 Å². The van der Waals surface area contributed by atoms with E-state index < -0.39 is 0 Å². The van der Waals surface area contributed by atoms with E-state index in [4.69, 9.17) is 0 Å². The maximum Gasteiger partial charge on any atom is 0.0724 e. The Balaban J connectivity index is 1.86. The largest absolute Gasteiger partial charge is 0.378 e. The average Bonchev–Trinajstić information content (AvgIpc) is 2.61. The van der Waals surface area contributed by atoms with Crippen LogP contribution in [-0.2, 0) is 0 Å². The molecule has 0 saturated heterocycles. The van der Waals surface area contributed by atoms with Crippen molar-refractivity contribution in [1.82, 2.24) is 4.98 Å². The molecule has 0 aliphatic rings. The second-order valence-electron chi connectivity index (χ2n) is 5.94. The van der Waals surface area contributed by atoms with Crippen LogP contribution in [0.2, 0.25) is 0 Å². The van der Waals surface area contributed by atoms with Crippen LogP contribution in [-0.4, -0.2) is 25.3 Å². The molecule has 0 fully saturated rings. The van der Waals surface area contributed by atoms with Gasteiger partial charge in [0.15, 0.2) is 0 Å². The van der Waals surface area contributed by atoms with E-state index >= 15 is 0 Å². The maximum atomic E-state index is 4.53. The van der Waals surface area contributed by atoms with Crippen LogP contribution >= 0.6 is 23.5 Å². The summed E-state index contributed by atoms with van der Waals surface area (Å²) < 4.78 is 0. The molecule has 1 atom stereocenters. The molecule has 1 heterocycles. The van der Waals surface area contributed by atoms with Crippen LogP contribution in [0.5, 0.6) is 0 Å². The third-order valence-corrected chi connectivity index (χ3v) is 6.05. The van der Waals surface area contributed by atoms with Crippen LogP contribution in [0.25, 0.3) is 10.9 Å². The Bertz CT molecular complexity index is 829. The first-order valence-corrected chi connectivity index (χ1v) is 10.1. The number of nitrogens with zero attached hydrogens (tertiary/aromatic N) is 2. The number of rotatable bonds is 5. The van der Waals surface area contributed by atoms with Crippen molar-refractivity contribution in [3.63, 3.8) is 0 Å². The molecule has 0 aliphatic carbocycles. The Kier molecular flexibility index (Phi) is 5.36. The zero-order valence-electron chi connectivity index (χ0n) is 14.5. The van der Waals surface area contributed by atoms with Crippen molar-refractivity contribution < 1.29 is 0 Å². The molecule has 0 aliphatic heterocycles. The van der Waals surface area contributed by atoms with Crippen LogP contribution in [0.4, 0.5) is 5.69 Å². The van der Waals surface area contributed by atoms with Gasteiger partial charge < -0.3 is 4.90 Å². The summed E-state index contributed by atoms with van der Waals surface area (Å²) >= 11 is 3.65. The quantitative estimate of drug-likeness (QED) is 0.532. The highest BCUT2D eigenvalue weighted by atomic mass is 32.2. The smallest absolute Gasteiger partial charge is 0.0724 e. The molecule has 0 spiro atoms. The third-order valence-electron chi connectivity index (χ3n) is 4.09. The lowest BCUT2D eigenvalue weighted by Crippen LogP contribution is -2.08. The van der Waals surface area contributed by atoms with Crippen LogP contribution < -0.4 is 4.90 Å². The first-order chi connectivity index (χ1) is 11.6. The lowest BCUT2D eigenvalue weighted by Gasteiger charge is -2.16. The van der Waals surface area contributed by atoms with Gasteiger partial charge in [0.25, 0.3) is 0 Å². The topological polar surface area (TPSA) is 16.1 Å². The number of hydrogen-bond donors (Lipinski definition) is 0. The standard InChI is InChI=1S/C20H22N2S2/c1-14(15-5-7-16(8-6-15)22(2)3)24-20-11-12-21-19-13-17(23-4)9-10-18(19)20/h5-14H,1-4H3. The van der Waals surface area contributed by atoms with Crippen LogP contribution in [0.3, 0.4) is 0 Å². The molecule has 4 heteroatoms. The molecule has 0 N–H and O–H groups in total. The number of thioether (sulfide) groups is 2. The highest BCUT2D eigenvalue weighted by Gasteiger charge is 2.11. The number of aromatic nitrogens is 1. The van der Waals surface area contributed by atoms with E-state index in [2.05, 4.69) is 85.7 Å². The fourth-order valence-corrected chi connectivity index (χ4v) is 4.18. The van der Waals surface area contributed by atoms with E-state index in [0.717, 1.165) is 5.52 Å². The van der Waals surface area contributed by atoms with Gasteiger partial charge in [0.1, 0.15) is 0 Å². The Morgan fingerprint density at radius 2 is 1.75 bits per heavy atom. The van der Waals surface area contributed by atoms with E-state index in [1.807, 2.05) is 18.0 Å². The maximum absolute atomic E-state index is 4.53. The predicted octanol–water partition coefficient (Wildman–Crippen LogP) is 5.88. The van der Waals surface area contributed by atoms with Crippen molar-refractivity contribution in [3.8, 4) is 0 Å². The second-order valence-corrected chi connectivity index (χ2v) is 8.20. The van der Waals surface area contributed by atoms with Crippen molar-refractivity contribution >= 4 is 40.1 Å². The molecule has 0 amide bonds. The Morgan fingerprint density at radius 1 is 1.00 bits per heavy atom. The average molecular weight is 355 g/mol. The van der Waals surface area contributed by atoms with Gasteiger partial charge >= 0.3 is 0 Å². The summed E-state index contributed by atoms with van der Waals surface area (Å²) in [7, 11) is 4.14. The van der Waals surface area contributed by atoms with Gasteiger partial charge in [-0.2, -0.15) is 0 Å². The molecule has 0 bridgehead atoms. The Hall–Kier alpha value is -1.65. The van der Waals surface area contributed by atoms with Gasteiger partial charge in [0.2, 0.25) is 0 Å². The summed E-state index contributed by atoms with van der Waals surface area (Å²) in [5.41, 5.74) is 3.65. The van der Waals surface area contributed by atoms with Gasteiger partial charge in [-0.25, -0.2) is 0 Å². The summed E-state index contributed by atoms with van der Waals surface area (Å²) in [6.07, 6.45) is 4.01. The molecule has 124 valence electrons. The minimum absolute atomic E-state index is 0.395. The number of hydrogen-bond acceptors (Lipinski definition) is 4. The van der Waals surface area contributed by atoms with Crippen LogP contribution in [0, 0.1) is 0 Å². The highest BCUT2D eigenvalue weighted by Crippen LogP contribution is 2.38. The minimum Gasteiger partial charge on any atom is -0.378 e. The van der Waals surface area contributed by atoms with Crippen molar-refractivity contribution in [2.75, 3.05) is 25.3 Å². The number of pyridine rings is 1. The van der Waals surface area contributed by atoms with E-state index in [-0.39, 0.29) is 0 Å². The number of anilines is 1. The van der Waals surface area contributed by atoms with Crippen molar-refractivity contribution in [1.29, 1.82) is 0 Å². The molecule has 24 heavy (non-hydrogen) atoms. The van der Waals surface area contributed by atoms with Crippen molar-refractivity contribution in [2.24, 2.45) is 0 Å². The summed E-state index contributed by atoms with van der Waals surface area (Å²) in [6.45, 7) is 2.26. The fraction of sp³-hybridized carbons (Fsp3) is 0.250. The lowest BCUT2D eigenvalue weighted by molar-refractivity contribution is 1.08. The molecule has 1 aromatic heterocycles. The van der Waals surface area contributed by atoms with Gasteiger partial charge in [-0.05, 0) is 49.1 Å². The van der Waals surface area contributed by atoms with Gasteiger partial charge in [-0.3, -0.25) is 4.98 Å². The molecule has 1 unspecified atom stereocenters. The summed E-state index contributed by atoms with van der Waals surface area (Å²) in [5.74, 6) is 0. The fourth-order valence-electron chi connectivity index (χ4n) is 2.63. The molecule has 2 nitrogen and oxygen atoms in total. The molecular weight excluding hydrogens is 332 g/mol. The van der Waals surface area contributed by atoms with Crippen molar-refractivity contribution in [3.05, 3.63) is 60.3 Å². The molecule has 0 saturated carbocycles. The summed E-state index contributed by atoms with van der Waals surface area (Å²) in [5, 5.41) is 1.63. The summed E-state index contributed by atoms with van der Waals surface area (Å²) in [4.78, 5) is 9.20. The molecular formula is C20H22N2S2. The van der Waals surface area contributed by atoms with E-state index in [1.54, 1.807) is 11.8 Å². The lowest BCUT2D eigenvalue weighted by atomic mass is 10.1. The number of fused-ring (bicyclic) bond motifs is 1. The second kappa shape index (κ2) is 7.49. The van der Waals surface area contributed by atoms with Gasteiger partial charge in [-0.1, -0.05) is 18.2 Å². The highest BCUT2D eigenvalue weighted by molar-refractivity contribution is 7.99. The predicted molar refractivity (Wildman–Crippen MR) is 109 cm³/mol. The first kappa shape index (κ1) is 17.2. The molecule has 0 radical (unpaired) electrons. The third kappa shape index (κ3) is 3.70. The molecule has 2 aromatic carbocycles. The van der Waals surface area contributed by atoms with Crippen LogP contribution in [0.1, 0.15) is 17.7 Å². The van der Waals surface area contributed by atoms with Gasteiger partial charge in [-0.15, -0.1) is 23.5 Å². The zero-order valence-corrected chi connectivity index (χ0v) is 16.1. The minimum atomic E-state index is 0.395. The zero-order chi connectivity index (χ0) is 17.1. The summed E-state index contributed by atoms with van der Waals surface area (Å²) in [6, 6.07) is 17.5. The van der Waals surface area contributed by atoms with Crippen molar-refractivity contribution in [2.45, 2.75) is 22.0 Å². The van der Waals surface area contributed by atoms with E-state index in [0.29, 0.717) is 5.25 Å². The first-order valence-electron chi connectivity index (χ1n) is 7.95. The van der Waals surface area contributed by atoms with Gasteiger partial charge in [0.05, 0.1) is 5.52 Å².